The fourth-order valence-corrected chi connectivity index (χ4v) is 7.79. The molecule has 0 aromatic heterocycles. The van der Waals surface area contributed by atoms with Gasteiger partial charge in [0.05, 0.1) is 17.4 Å². The van der Waals surface area contributed by atoms with Crippen molar-refractivity contribution in [1.29, 1.82) is 0 Å². The minimum atomic E-state index is -1.03. The summed E-state index contributed by atoms with van der Waals surface area (Å²) in [5, 5.41) is 20.5. The highest BCUT2D eigenvalue weighted by Crippen LogP contribution is 2.52. The van der Waals surface area contributed by atoms with E-state index in [2.05, 4.69) is 132 Å². The molecule has 7 heteroatoms. The molecule has 0 aliphatic heterocycles. The minimum absolute atomic E-state index is 0.0176. The Hall–Kier alpha value is -2.90. The Balaban J connectivity index is 2.19. The molecule has 0 spiro atoms. The van der Waals surface area contributed by atoms with Crippen LogP contribution in [0.4, 0.5) is 0 Å². The minimum Gasteiger partial charge on any atom is -0.507 e. The number of esters is 1. The number of carbonyl (C=O) groups excluding carboxylic acids is 1. The molecule has 0 fully saturated rings. The van der Waals surface area contributed by atoms with Crippen molar-refractivity contribution in [3.8, 4) is 11.5 Å². The lowest BCUT2D eigenvalue weighted by Crippen LogP contribution is -2.22. The topological polar surface area (TPSA) is 83.8 Å². The van der Waals surface area contributed by atoms with Gasteiger partial charge in [-0.3, -0.25) is 9.59 Å². The Morgan fingerprint density at radius 3 is 1.41 bits per heavy atom. The third-order valence-electron chi connectivity index (χ3n) is 7.69. The average Bonchev–Trinajstić information content (AvgIpc) is 2.91. The maximum Gasteiger partial charge on any atom is 0.311 e. The van der Waals surface area contributed by atoms with Crippen LogP contribution >= 0.6 is 23.5 Å². The maximum absolute atomic E-state index is 12.8. The maximum atomic E-state index is 12.8. The highest BCUT2D eigenvalue weighted by Gasteiger charge is 2.31. The molecule has 0 aliphatic rings. The second kappa shape index (κ2) is 14.1. The van der Waals surface area contributed by atoms with Crippen LogP contribution in [0.5, 0.6) is 11.5 Å². The third-order valence-corrected chi connectivity index (χ3v) is 10.3. The van der Waals surface area contributed by atoms with Gasteiger partial charge in [0.2, 0.25) is 0 Å². The first-order valence-corrected chi connectivity index (χ1v) is 17.6. The number of carboxylic acids is 1. The molecule has 0 radical (unpaired) electrons. The molecule has 2 N–H and O–H groups in total. The van der Waals surface area contributed by atoms with Crippen LogP contribution in [0.3, 0.4) is 0 Å². The van der Waals surface area contributed by atoms with Crippen molar-refractivity contribution in [2.75, 3.05) is 0 Å². The number of benzene rings is 3. The second-order valence-electron chi connectivity index (χ2n) is 16.1. The van der Waals surface area contributed by atoms with Crippen LogP contribution in [0.25, 0.3) is 0 Å². The standard InChI is InChI=1S/C39H52O5S2/c1-36(2,3)27-20-25(21-28(33(27)43)37(4,5)6)45-35(24-16-14-13-15-17-24)46-26-22-29(38(7,8)9)34(30(23-26)39(10,11)12)44-32(42)19-18-31(40)41/h13-17,20-23,35,43H,18-19H2,1-12H3,(H,40,41)/t35-/m1/s1. The number of carboxylic acid groups (broad SMARTS) is 1. The molecule has 0 unspecified atom stereocenters. The van der Waals surface area contributed by atoms with Gasteiger partial charge >= 0.3 is 11.9 Å². The molecule has 46 heavy (non-hydrogen) atoms. The molecule has 0 aliphatic carbocycles. The van der Waals surface area contributed by atoms with Crippen LogP contribution in [-0.2, 0) is 31.2 Å². The van der Waals surface area contributed by atoms with E-state index in [0.29, 0.717) is 11.5 Å². The van der Waals surface area contributed by atoms with Crippen LogP contribution in [0.1, 0.15) is 128 Å². The lowest BCUT2D eigenvalue weighted by molar-refractivity contribution is -0.142. The Morgan fingerprint density at radius 2 is 1.04 bits per heavy atom. The molecule has 3 aromatic carbocycles. The number of rotatable bonds is 9. The Bertz CT molecular complexity index is 1480. The zero-order valence-electron chi connectivity index (χ0n) is 29.6. The highest BCUT2D eigenvalue weighted by atomic mass is 32.2. The van der Waals surface area contributed by atoms with Gasteiger partial charge in [0, 0.05) is 32.0 Å². The first-order valence-electron chi connectivity index (χ1n) is 15.9. The number of ether oxygens (including phenoxy) is 1. The van der Waals surface area contributed by atoms with Crippen molar-refractivity contribution in [2.45, 2.75) is 132 Å². The summed E-state index contributed by atoms with van der Waals surface area (Å²) >= 11 is 3.52. The lowest BCUT2D eigenvalue weighted by atomic mass is 9.79. The summed E-state index contributed by atoms with van der Waals surface area (Å²) in [5.74, 6) is -0.690. The predicted octanol–water partition coefficient (Wildman–Crippen LogP) is 10.9. The molecule has 0 bridgehead atoms. The van der Waals surface area contributed by atoms with Gasteiger partial charge < -0.3 is 14.9 Å². The third kappa shape index (κ3) is 9.80. The van der Waals surface area contributed by atoms with Crippen LogP contribution in [0.15, 0.2) is 64.4 Å². The number of phenols is 1. The van der Waals surface area contributed by atoms with Crippen LogP contribution in [0.2, 0.25) is 0 Å². The highest BCUT2D eigenvalue weighted by molar-refractivity contribution is 8.16. The summed E-state index contributed by atoms with van der Waals surface area (Å²) in [5.41, 5.74) is 3.64. The molecule has 3 aromatic rings. The molecule has 3 rings (SSSR count). The van der Waals surface area contributed by atoms with Crippen LogP contribution in [-0.4, -0.2) is 22.2 Å². The molecule has 0 heterocycles. The van der Waals surface area contributed by atoms with E-state index < -0.39 is 11.9 Å². The van der Waals surface area contributed by atoms with Crippen molar-refractivity contribution in [3.63, 3.8) is 0 Å². The fourth-order valence-electron chi connectivity index (χ4n) is 5.11. The summed E-state index contributed by atoms with van der Waals surface area (Å²) in [6.07, 6.45) is -0.463. The van der Waals surface area contributed by atoms with Gasteiger partial charge in [-0.05, 0) is 51.5 Å². The van der Waals surface area contributed by atoms with Crippen molar-refractivity contribution >= 4 is 35.5 Å². The first kappa shape index (κ1) is 37.6. The summed E-state index contributed by atoms with van der Waals surface area (Å²) in [6, 6.07) is 18.9. The van der Waals surface area contributed by atoms with E-state index in [1.807, 2.05) is 6.07 Å². The van der Waals surface area contributed by atoms with Gasteiger partial charge in [0.25, 0.3) is 0 Å². The monoisotopic (exact) mass is 664 g/mol. The van der Waals surface area contributed by atoms with Crippen LogP contribution < -0.4 is 4.74 Å². The average molecular weight is 665 g/mol. The SMILES string of the molecule is CC(C)(C)c1cc(S[C@H](Sc2cc(C(C)(C)C)c(OC(=O)CCC(=O)O)c(C(C)(C)C)c2)c2ccccc2)cc(C(C)(C)C)c1O. The first-order chi connectivity index (χ1) is 21.0. The van der Waals surface area contributed by atoms with Crippen molar-refractivity contribution in [2.24, 2.45) is 0 Å². The van der Waals surface area contributed by atoms with Crippen molar-refractivity contribution in [3.05, 3.63) is 82.4 Å². The quantitative estimate of drug-likeness (QED) is 0.102. The summed E-state index contributed by atoms with van der Waals surface area (Å²) in [7, 11) is 0. The number of hydrogen-bond donors (Lipinski definition) is 2. The summed E-state index contributed by atoms with van der Waals surface area (Å²) in [4.78, 5) is 26.1. The van der Waals surface area contributed by atoms with Gasteiger partial charge in [-0.25, -0.2) is 0 Å². The van der Waals surface area contributed by atoms with Gasteiger partial charge in [0.1, 0.15) is 11.5 Å². The number of phenolic OH excluding ortho intramolecular Hbond substituents is 1. The number of carbonyl (C=O) groups is 2. The zero-order chi connectivity index (χ0) is 34.8. The Morgan fingerprint density at radius 1 is 0.652 bits per heavy atom. The molecular weight excluding hydrogens is 613 g/mol. The van der Waals surface area contributed by atoms with Gasteiger partial charge in [-0.1, -0.05) is 113 Å². The van der Waals surface area contributed by atoms with Crippen molar-refractivity contribution < 1.29 is 24.5 Å². The molecule has 250 valence electrons. The Kier molecular flexibility index (Phi) is 11.5. The number of aliphatic carboxylic acids is 1. The van der Waals surface area contributed by atoms with Gasteiger partial charge in [-0.15, -0.1) is 23.5 Å². The largest absolute Gasteiger partial charge is 0.507 e. The van der Waals surface area contributed by atoms with E-state index in [-0.39, 0.29) is 39.1 Å². The second-order valence-corrected chi connectivity index (χ2v) is 18.7. The molecule has 0 amide bonds. The van der Waals surface area contributed by atoms with Gasteiger partial charge in [-0.2, -0.15) is 0 Å². The van der Waals surface area contributed by atoms with E-state index in [9.17, 15) is 14.7 Å². The molecule has 0 saturated heterocycles. The molecule has 5 nitrogen and oxygen atoms in total. The molecule has 0 saturated carbocycles. The lowest BCUT2D eigenvalue weighted by Gasteiger charge is -2.31. The number of aromatic hydroxyl groups is 1. The molecular formula is C39H52O5S2. The number of thioether (sulfide) groups is 2. The smallest absolute Gasteiger partial charge is 0.311 e. The van der Waals surface area contributed by atoms with E-state index >= 15 is 0 Å². The fraction of sp³-hybridized carbons (Fsp3) is 0.487. The van der Waals surface area contributed by atoms with E-state index in [1.54, 1.807) is 23.5 Å². The predicted molar refractivity (Wildman–Crippen MR) is 193 cm³/mol. The van der Waals surface area contributed by atoms with E-state index in [4.69, 9.17) is 9.84 Å². The van der Waals surface area contributed by atoms with Gasteiger partial charge in [0.15, 0.2) is 0 Å². The van der Waals surface area contributed by atoms with Crippen LogP contribution in [0, 0.1) is 0 Å². The Labute approximate surface area is 284 Å². The zero-order valence-corrected chi connectivity index (χ0v) is 31.3. The van der Waals surface area contributed by atoms with E-state index in [1.165, 1.54) is 5.56 Å². The summed E-state index contributed by atoms with van der Waals surface area (Å²) in [6.45, 7) is 25.4. The van der Waals surface area contributed by atoms with E-state index in [0.717, 1.165) is 32.0 Å². The summed E-state index contributed by atoms with van der Waals surface area (Å²) < 4.78 is 5.96. The van der Waals surface area contributed by atoms with Crippen molar-refractivity contribution in [1.82, 2.24) is 0 Å². The molecule has 1 atom stereocenters. The normalized spacial score (nSPS) is 13.4. The number of hydrogen-bond acceptors (Lipinski definition) is 6.